The van der Waals surface area contributed by atoms with Crippen molar-refractivity contribution in [3.63, 3.8) is 0 Å². The van der Waals surface area contributed by atoms with E-state index in [-0.39, 0.29) is 17.3 Å². The highest BCUT2D eigenvalue weighted by atomic mass is 16.6. The Hall–Kier alpha value is -4.21. The monoisotopic (exact) mass is 423 g/mol. The van der Waals surface area contributed by atoms with Gasteiger partial charge in [-0.05, 0) is 42.3 Å². The first kappa shape index (κ1) is 21.5. The number of nitro groups is 1. The molecule has 0 atom stereocenters. The Kier molecular flexibility index (Phi) is 6.61. The highest BCUT2D eigenvalue weighted by Gasteiger charge is 2.12. The molecule has 3 rings (SSSR count). The number of rotatable bonds is 7. The van der Waals surface area contributed by atoms with Gasteiger partial charge < -0.3 is 10.1 Å². The number of hydrogen-bond acceptors (Lipinski definition) is 6. The number of amides is 2. The lowest BCUT2D eigenvalue weighted by Crippen LogP contribution is -2.17. The van der Waals surface area contributed by atoms with Gasteiger partial charge in [0.2, 0.25) is 0 Å². The summed E-state index contributed by atoms with van der Waals surface area (Å²) in [6, 6.07) is 14.0. The SMILES string of the molecule is CC(C)COC(=O)Nc1cccc(NC(=O)c2ccn(-c3ccc([N+](=O)[O-])cc3)n2)c1. The van der Waals surface area contributed by atoms with Gasteiger partial charge in [0.15, 0.2) is 5.69 Å². The second kappa shape index (κ2) is 9.53. The van der Waals surface area contributed by atoms with Crippen molar-refractivity contribution in [1.82, 2.24) is 9.78 Å². The van der Waals surface area contributed by atoms with E-state index in [9.17, 15) is 19.7 Å². The molecule has 0 unspecified atom stereocenters. The fraction of sp³-hybridized carbons (Fsp3) is 0.190. The summed E-state index contributed by atoms with van der Waals surface area (Å²) in [6.45, 7) is 4.18. The highest BCUT2D eigenvalue weighted by Crippen LogP contribution is 2.18. The summed E-state index contributed by atoms with van der Waals surface area (Å²) in [7, 11) is 0. The van der Waals surface area contributed by atoms with Crippen LogP contribution in [-0.4, -0.2) is 33.3 Å². The van der Waals surface area contributed by atoms with Crippen molar-refractivity contribution >= 4 is 29.1 Å². The molecule has 0 saturated heterocycles. The number of hydrogen-bond donors (Lipinski definition) is 2. The number of non-ortho nitro benzene ring substituents is 1. The molecule has 3 aromatic rings. The summed E-state index contributed by atoms with van der Waals surface area (Å²) in [6.07, 6.45) is 1.01. The lowest BCUT2D eigenvalue weighted by molar-refractivity contribution is -0.384. The smallest absolute Gasteiger partial charge is 0.411 e. The van der Waals surface area contributed by atoms with Gasteiger partial charge in [0.05, 0.1) is 17.2 Å². The van der Waals surface area contributed by atoms with Crippen LogP contribution < -0.4 is 10.6 Å². The van der Waals surface area contributed by atoms with Gasteiger partial charge in [-0.1, -0.05) is 19.9 Å². The van der Waals surface area contributed by atoms with E-state index >= 15 is 0 Å². The highest BCUT2D eigenvalue weighted by molar-refractivity contribution is 6.03. The van der Waals surface area contributed by atoms with E-state index in [0.717, 1.165) is 0 Å². The van der Waals surface area contributed by atoms with Gasteiger partial charge in [-0.25, -0.2) is 9.48 Å². The average molecular weight is 423 g/mol. The maximum Gasteiger partial charge on any atom is 0.411 e. The van der Waals surface area contributed by atoms with Crippen LogP contribution in [-0.2, 0) is 4.74 Å². The van der Waals surface area contributed by atoms with E-state index in [1.54, 1.807) is 42.6 Å². The molecule has 2 N–H and O–H groups in total. The number of nitro benzene ring substituents is 1. The zero-order valence-electron chi connectivity index (χ0n) is 16.9. The first-order chi connectivity index (χ1) is 14.8. The van der Waals surface area contributed by atoms with E-state index in [1.165, 1.54) is 22.9 Å². The molecule has 160 valence electrons. The summed E-state index contributed by atoms with van der Waals surface area (Å²) in [5.41, 5.74) is 1.65. The van der Waals surface area contributed by atoms with E-state index in [1.807, 2.05) is 13.8 Å². The second-order valence-electron chi connectivity index (χ2n) is 7.07. The van der Waals surface area contributed by atoms with Crippen molar-refractivity contribution in [3.05, 3.63) is 76.6 Å². The molecule has 0 aliphatic heterocycles. The Morgan fingerprint density at radius 2 is 1.77 bits per heavy atom. The Bertz CT molecular complexity index is 1090. The van der Waals surface area contributed by atoms with Gasteiger partial charge in [0.25, 0.3) is 11.6 Å². The third-order valence-corrected chi connectivity index (χ3v) is 4.06. The van der Waals surface area contributed by atoms with Crippen LogP contribution in [0.3, 0.4) is 0 Å². The minimum absolute atomic E-state index is 0.0320. The van der Waals surface area contributed by atoms with Crippen molar-refractivity contribution in [2.75, 3.05) is 17.2 Å². The molecule has 2 amide bonds. The number of aromatic nitrogens is 2. The van der Waals surface area contributed by atoms with Gasteiger partial charge in [-0.3, -0.25) is 20.2 Å². The topological polar surface area (TPSA) is 128 Å². The predicted molar refractivity (Wildman–Crippen MR) is 114 cm³/mol. The van der Waals surface area contributed by atoms with Crippen molar-refractivity contribution in [2.24, 2.45) is 5.92 Å². The van der Waals surface area contributed by atoms with Gasteiger partial charge in [0, 0.05) is 29.7 Å². The minimum atomic E-state index is -0.570. The molecule has 31 heavy (non-hydrogen) atoms. The Morgan fingerprint density at radius 3 is 2.42 bits per heavy atom. The van der Waals surface area contributed by atoms with E-state index in [0.29, 0.717) is 23.7 Å². The van der Waals surface area contributed by atoms with E-state index < -0.39 is 16.9 Å². The van der Waals surface area contributed by atoms with Crippen LogP contribution >= 0.6 is 0 Å². The van der Waals surface area contributed by atoms with Gasteiger partial charge in [-0.15, -0.1) is 0 Å². The molecule has 1 aromatic heterocycles. The number of ether oxygens (including phenoxy) is 1. The first-order valence-electron chi connectivity index (χ1n) is 9.47. The van der Waals surface area contributed by atoms with E-state index in [2.05, 4.69) is 15.7 Å². The fourth-order valence-electron chi connectivity index (χ4n) is 2.58. The quantitative estimate of drug-likeness (QED) is 0.432. The molecular formula is C21H21N5O5. The number of carbonyl (C=O) groups excluding carboxylic acids is 2. The van der Waals surface area contributed by atoms with Gasteiger partial charge in [0.1, 0.15) is 0 Å². The number of benzene rings is 2. The number of nitrogens with one attached hydrogen (secondary N) is 2. The zero-order chi connectivity index (χ0) is 22.4. The molecule has 10 heteroatoms. The van der Waals surface area contributed by atoms with Crippen LogP contribution in [0, 0.1) is 16.0 Å². The van der Waals surface area contributed by atoms with Crippen molar-refractivity contribution in [2.45, 2.75) is 13.8 Å². The summed E-state index contributed by atoms with van der Waals surface area (Å²) in [4.78, 5) is 34.6. The molecule has 0 bridgehead atoms. The lowest BCUT2D eigenvalue weighted by atomic mass is 10.2. The Balaban J connectivity index is 1.64. The predicted octanol–water partition coefficient (Wildman–Crippen LogP) is 4.24. The molecule has 0 radical (unpaired) electrons. The summed E-state index contributed by atoms with van der Waals surface area (Å²) in [5.74, 6) is -0.220. The fourth-order valence-corrected chi connectivity index (χ4v) is 2.58. The van der Waals surface area contributed by atoms with E-state index in [4.69, 9.17) is 4.74 Å². The standard InChI is InChI=1S/C21H21N5O5/c1-14(2)13-31-21(28)23-16-5-3-4-15(12-16)22-20(27)19-10-11-25(24-19)17-6-8-18(9-7-17)26(29)30/h3-12,14H,13H2,1-2H3,(H,22,27)(H,23,28). The molecule has 10 nitrogen and oxygen atoms in total. The first-order valence-corrected chi connectivity index (χ1v) is 9.47. The van der Waals surface area contributed by atoms with Gasteiger partial charge in [-0.2, -0.15) is 5.10 Å². The van der Waals surface area contributed by atoms with Crippen LogP contribution in [0.2, 0.25) is 0 Å². The summed E-state index contributed by atoms with van der Waals surface area (Å²) >= 11 is 0. The normalized spacial score (nSPS) is 10.5. The van der Waals surface area contributed by atoms with Crippen molar-refractivity contribution in [1.29, 1.82) is 0 Å². The van der Waals surface area contributed by atoms with Crippen molar-refractivity contribution < 1.29 is 19.2 Å². The Morgan fingerprint density at radius 1 is 1.10 bits per heavy atom. The molecular weight excluding hydrogens is 402 g/mol. The largest absolute Gasteiger partial charge is 0.449 e. The number of carbonyl (C=O) groups is 2. The van der Waals surface area contributed by atoms with Gasteiger partial charge >= 0.3 is 6.09 Å². The van der Waals surface area contributed by atoms with Crippen LogP contribution in [0.25, 0.3) is 5.69 Å². The number of nitrogens with zero attached hydrogens (tertiary/aromatic N) is 3. The number of anilines is 2. The van der Waals surface area contributed by atoms with Crippen molar-refractivity contribution in [3.8, 4) is 5.69 Å². The molecule has 0 aliphatic rings. The zero-order valence-corrected chi connectivity index (χ0v) is 16.9. The summed E-state index contributed by atoms with van der Waals surface area (Å²) in [5, 5.41) is 20.3. The summed E-state index contributed by atoms with van der Waals surface area (Å²) < 4.78 is 6.52. The second-order valence-corrected chi connectivity index (χ2v) is 7.07. The molecule has 1 heterocycles. The molecule has 0 fully saturated rings. The maximum atomic E-state index is 12.5. The van der Waals surface area contributed by atoms with Crippen LogP contribution in [0.4, 0.5) is 21.9 Å². The third-order valence-electron chi connectivity index (χ3n) is 4.06. The molecule has 0 aliphatic carbocycles. The molecule has 0 saturated carbocycles. The van der Waals surface area contributed by atoms with Crippen LogP contribution in [0.5, 0.6) is 0 Å². The minimum Gasteiger partial charge on any atom is -0.449 e. The maximum absolute atomic E-state index is 12.5. The Labute approximate surface area is 178 Å². The van der Waals surface area contributed by atoms with Crippen LogP contribution in [0.15, 0.2) is 60.8 Å². The third kappa shape index (κ3) is 5.89. The lowest BCUT2D eigenvalue weighted by Gasteiger charge is -2.10. The molecule has 2 aromatic carbocycles. The van der Waals surface area contributed by atoms with Crippen LogP contribution in [0.1, 0.15) is 24.3 Å². The molecule has 0 spiro atoms. The average Bonchev–Trinajstić information content (AvgIpc) is 3.23.